The molecule has 1 saturated heterocycles. The summed E-state index contributed by atoms with van der Waals surface area (Å²) in [4.78, 5) is 33.9. The van der Waals surface area contributed by atoms with Crippen LogP contribution in [0.25, 0.3) is 0 Å². The van der Waals surface area contributed by atoms with Crippen molar-refractivity contribution >= 4 is 29.0 Å². The summed E-state index contributed by atoms with van der Waals surface area (Å²) in [6.45, 7) is 3.06. The van der Waals surface area contributed by atoms with Crippen LogP contribution >= 0.6 is 11.3 Å². The molecule has 0 saturated carbocycles. The number of piperidine rings is 1. The van der Waals surface area contributed by atoms with Crippen molar-refractivity contribution in [2.24, 2.45) is 5.92 Å². The number of carbonyl (C=O) groups excluding carboxylic acids is 2. The first-order chi connectivity index (χ1) is 15.2. The summed E-state index contributed by atoms with van der Waals surface area (Å²) >= 11 is 1.67. The normalized spacial score (nSPS) is 19.9. The van der Waals surface area contributed by atoms with Crippen molar-refractivity contribution in [2.75, 3.05) is 24.5 Å². The van der Waals surface area contributed by atoms with Crippen LogP contribution in [0.4, 0.5) is 19.0 Å². The second-order valence-corrected chi connectivity index (χ2v) is 9.12. The molecule has 0 aromatic carbocycles. The summed E-state index contributed by atoms with van der Waals surface area (Å²) in [5.74, 6) is -1.62. The molecule has 0 aliphatic carbocycles. The second kappa shape index (κ2) is 9.09. The standard InChI is InChI=1S/C22H24F3N3O3S/c1-14(20(29)28-10-6-18-15(12-28)7-11-32-18)31-21(30)16-4-3-9-27(13-16)19-17(22(23,24)25)5-2-8-26-19/h2,5,7-8,11,14,16H,3-4,6,9-10,12-13H2,1H3. The summed E-state index contributed by atoms with van der Waals surface area (Å²) in [5, 5.41) is 2.00. The summed E-state index contributed by atoms with van der Waals surface area (Å²) in [5.41, 5.74) is 0.294. The Morgan fingerprint density at radius 2 is 2.09 bits per heavy atom. The van der Waals surface area contributed by atoms with Crippen LogP contribution in [0.15, 0.2) is 29.8 Å². The van der Waals surface area contributed by atoms with Crippen LogP contribution < -0.4 is 4.90 Å². The Morgan fingerprint density at radius 3 is 2.88 bits per heavy atom. The number of rotatable bonds is 4. The summed E-state index contributed by atoms with van der Waals surface area (Å²) in [6, 6.07) is 4.23. The smallest absolute Gasteiger partial charge is 0.419 e. The SMILES string of the molecule is CC(OC(=O)C1CCCN(c2ncccc2C(F)(F)F)C1)C(=O)N1CCc2sccc2C1. The molecule has 0 spiro atoms. The van der Waals surface area contributed by atoms with E-state index in [4.69, 9.17) is 4.74 Å². The molecule has 2 aromatic heterocycles. The van der Waals surface area contributed by atoms with E-state index in [2.05, 4.69) is 4.98 Å². The molecule has 10 heteroatoms. The van der Waals surface area contributed by atoms with Crippen molar-refractivity contribution in [1.82, 2.24) is 9.88 Å². The fourth-order valence-corrected chi connectivity index (χ4v) is 5.14. The number of anilines is 1. The van der Waals surface area contributed by atoms with E-state index < -0.39 is 29.7 Å². The molecule has 4 rings (SSSR count). The number of ether oxygens (including phenoxy) is 1. The zero-order valence-corrected chi connectivity index (χ0v) is 18.4. The van der Waals surface area contributed by atoms with Gasteiger partial charge in [-0.05, 0) is 55.3 Å². The van der Waals surface area contributed by atoms with E-state index in [1.165, 1.54) is 22.0 Å². The Hall–Kier alpha value is -2.62. The lowest BCUT2D eigenvalue weighted by molar-refractivity contribution is -0.163. The Bertz CT molecular complexity index is 994. The number of pyridine rings is 1. The zero-order valence-electron chi connectivity index (χ0n) is 17.6. The van der Waals surface area contributed by atoms with Crippen LogP contribution in [0.3, 0.4) is 0 Å². The van der Waals surface area contributed by atoms with E-state index in [0.717, 1.165) is 18.1 Å². The molecule has 4 heterocycles. The van der Waals surface area contributed by atoms with Gasteiger partial charge in [-0.2, -0.15) is 13.2 Å². The predicted molar refractivity (Wildman–Crippen MR) is 113 cm³/mol. The van der Waals surface area contributed by atoms with E-state index in [1.54, 1.807) is 23.2 Å². The molecule has 0 bridgehead atoms. The highest BCUT2D eigenvalue weighted by molar-refractivity contribution is 7.10. The van der Waals surface area contributed by atoms with Gasteiger partial charge in [0.15, 0.2) is 6.10 Å². The quantitative estimate of drug-likeness (QED) is 0.639. The molecular weight excluding hydrogens is 443 g/mol. The maximum Gasteiger partial charge on any atom is 0.419 e. The first kappa shape index (κ1) is 22.6. The molecule has 0 radical (unpaired) electrons. The number of aromatic nitrogens is 1. The molecule has 2 aromatic rings. The van der Waals surface area contributed by atoms with Crippen molar-refractivity contribution in [3.8, 4) is 0 Å². The van der Waals surface area contributed by atoms with Gasteiger partial charge in [-0.1, -0.05) is 0 Å². The Balaban J connectivity index is 1.38. The minimum atomic E-state index is -4.53. The van der Waals surface area contributed by atoms with Gasteiger partial charge in [0.2, 0.25) is 0 Å². The topological polar surface area (TPSA) is 62.7 Å². The van der Waals surface area contributed by atoms with Crippen LogP contribution in [0.1, 0.15) is 35.8 Å². The average Bonchev–Trinajstić information content (AvgIpc) is 3.26. The monoisotopic (exact) mass is 467 g/mol. The van der Waals surface area contributed by atoms with Crippen molar-refractivity contribution < 1.29 is 27.5 Å². The lowest BCUT2D eigenvalue weighted by Gasteiger charge is -2.34. The van der Waals surface area contributed by atoms with Crippen LogP contribution in [0, 0.1) is 5.92 Å². The summed E-state index contributed by atoms with van der Waals surface area (Å²) < 4.78 is 45.6. The van der Waals surface area contributed by atoms with Gasteiger partial charge in [-0.25, -0.2) is 4.98 Å². The molecule has 2 unspecified atom stereocenters. The largest absolute Gasteiger partial charge is 0.452 e. The molecule has 0 N–H and O–H groups in total. The predicted octanol–water partition coefficient (Wildman–Crippen LogP) is 3.89. The first-order valence-corrected chi connectivity index (χ1v) is 11.4. The first-order valence-electron chi connectivity index (χ1n) is 10.6. The third-order valence-corrected chi connectivity index (χ3v) is 6.93. The second-order valence-electron chi connectivity index (χ2n) is 8.12. The van der Waals surface area contributed by atoms with Crippen molar-refractivity contribution in [3.63, 3.8) is 0 Å². The lowest BCUT2D eigenvalue weighted by atomic mass is 9.97. The highest BCUT2D eigenvalue weighted by atomic mass is 32.1. The number of thiophene rings is 1. The van der Waals surface area contributed by atoms with E-state index in [1.807, 2.05) is 11.4 Å². The van der Waals surface area contributed by atoms with Gasteiger partial charge >= 0.3 is 12.1 Å². The maximum absolute atomic E-state index is 13.4. The Labute approximate surface area is 188 Å². The number of amides is 1. The number of fused-ring (bicyclic) bond motifs is 1. The molecule has 32 heavy (non-hydrogen) atoms. The molecule has 2 atom stereocenters. The number of hydrogen-bond acceptors (Lipinski definition) is 6. The van der Waals surface area contributed by atoms with Gasteiger partial charge in [0.25, 0.3) is 5.91 Å². The molecule has 172 valence electrons. The van der Waals surface area contributed by atoms with Crippen molar-refractivity contribution in [1.29, 1.82) is 0 Å². The van der Waals surface area contributed by atoms with Crippen LogP contribution in [-0.4, -0.2) is 47.5 Å². The molecule has 2 aliphatic rings. The van der Waals surface area contributed by atoms with Crippen molar-refractivity contribution in [3.05, 3.63) is 45.8 Å². The van der Waals surface area contributed by atoms with Crippen LogP contribution in [-0.2, 0) is 33.5 Å². The molecule has 6 nitrogen and oxygen atoms in total. The van der Waals surface area contributed by atoms with E-state index >= 15 is 0 Å². The molecular formula is C22H24F3N3O3S. The van der Waals surface area contributed by atoms with Gasteiger partial charge in [-0.15, -0.1) is 11.3 Å². The van der Waals surface area contributed by atoms with E-state index in [-0.39, 0.29) is 18.3 Å². The maximum atomic E-state index is 13.4. The number of carbonyl (C=O) groups is 2. The van der Waals surface area contributed by atoms with Gasteiger partial charge in [0, 0.05) is 37.3 Å². The molecule has 1 fully saturated rings. The van der Waals surface area contributed by atoms with Crippen LogP contribution in [0.2, 0.25) is 0 Å². The van der Waals surface area contributed by atoms with Gasteiger partial charge in [-0.3, -0.25) is 9.59 Å². The minimum absolute atomic E-state index is 0.0712. The molecule has 2 aliphatic heterocycles. The zero-order chi connectivity index (χ0) is 22.9. The number of halogens is 3. The van der Waals surface area contributed by atoms with Crippen LogP contribution in [0.5, 0.6) is 0 Å². The number of esters is 1. The van der Waals surface area contributed by atoms with Crippen molar-refractivity contribution in [2.45, 2.75) is 45.0 Å². The average molecular weight is 468 g/mol. The fourth-order valence-electron chi connectivity index (χ4n) is 4.25. The summed E-state index contributed by atoms with van der Waals surface area (Å²) in [6.07, 6.45) is -2.36. The highest BCUT2D eigenvalue weighted by Gasteiger charge is 2.38. The third-order valence-electron chi connectivity index (χ3n) is 5.91. The highest BCUT2D eigenvalue weighted by Crippen LogP contribution is 2.36. The summed E-state index contributed by atoms with van der Waals surface area (Å²) in [7, 11) is 0. The Morgan fingerprint density at radius 1 is 1.28 bits per heavy atom. The number of alkyl halides is 3. The Kier molecular flexibility index (Phi) is 6.41. The lowest BCUT2D eigenvalue weighted by Crippen LogP contribution is -2.45. The van der Waals surface area contributed by atoms with Gasteiger partial charge in [0.1, 0.15) is 5.82 Å². The fraction of sp³-hybridized carbons (Fsp3) is 0.500. The number of hydrogen-bond donors (Lipinski definition) is 0. The van der Waals surface area contributed by atoms with E-state index in [0.29, 0.717) is 32.5 Å². The minimum Gasteiger partial charge on any atom is -0.452 e. The third kappa shape index (κ3) is 4.74. The van der Waals surface area contributed by atoms with E-state index in [9.17, 15) is 22.8 Å². The number of nitrogens with zero attached hydrogens (tertiary/aromatic N) is 3. The van der Waals surface area contributed by atoms with Gasteiger partial charge in [0.05, 0.1) is 11.5 Å². The molecule has 1 amide bonds. The van der Waals surface area contributed by atoms with Gasteiger partial charge < -0.3 is 14.5 Å².